The maximum Gasteiger partial charge on any atom is 0.322 e. The molecule has 0 aromatic heterocycles. The molecule has 4 nitrogen and oxygen atoms in total. The zero-order valence-electron chi connectivity index (χ0n) is 15.4. The molecule has 2 heterocycles. The molecular formula is C22H21ClO4. The number of carbonyl (C=O) groups is 2. The Kier molecular flexibility index (Phi) is 4.57. The van der Waals surface area contributed by atoms with E-state index in [-0.39, 0.29) is 5.78 Å². The molecule has 2 fully saturated rings. The third kappa shape index (κ3) is 3.07. The van der Waals surface area contributed by atoms with Gasteiger partial charge in [0, 0.05) is 17.9 Å². The Morgan fingerprint density at radius 3 is 2.33 bits per heavy atom. The van der Waals surface area contributed by atoms with E-state index in [1.54, 1.807) is 0 Å². The second-order valence-electron chi connectivity index (χ2n) is 7.36. The number of aryl methyl sites for hydroxylation is 2. The number of hydrogen-bond donors (Lipinski definition) is 0. The minimum absolute atomic E-state index is 0.127. The van der Waals surface area contributed by atoms with E-state index >= 15 is 0 Å². The Morgan fingerprint density at radius 1 is 1.00 bits per heavy atom. The second kappa shape index (κ2) is 6.77. The number of esters is 1. The van der Waals surface area contributed by atoms with Crippen LogP contribution in [0.3, 0.4) is 0 Å². The highest BCUT2D eigenvalue weighted by molar-refractivity contribution is 6.30. The van der Waals surface area contributed by atoms with Gasteiger partial charge < -0.3 is 9.47 Å². The first-order valence-electron chi connectivity index (χ1n) is 9.13. The van der Waals surface area contributed by atoms with Crippen molar-refractivity contribution in [3.8, 4) is 11.1 Å². The SMILES string of the molecule is Cc1cc(C2C(=O)OC3(CCOCC3)C2=O)c(C)cc1-c1ccc(Cl)cc1. The highest BCUT2D eigenvalue weighted by atomic mass is 35.5. The van der Waals surface area contributed by atoms with Crippen LogP contribution in [0.2, 0.25) is 5.02 Å². The van der Waals surface area contributed by atoms with Crippen molar-refractivity contribution in [3.05, 3.63) is 58.1 Å². The molecule has 0 bridgehead atoms. The van der Waals surface area contributed by atoms with Gasteiger partial charge in [-0.25, -0.2) is 0 Å². The van der Waals surface area contributed by atoms with E-state index < -0.39 is 17.5 Å². The van der Waals surface area contributed by atoms with Crippen LogP contribution < -0.4 is 0 Å². The van der Waals surface area contributed by atoms with Gasteiger partial charge in [-0.1, -0.05) is 35.9 Å². The summed E-state index contributed by atoms with van der Waals surface area (Å²) in [7, 11) is 0. The molecule has 1 spiro atoms. The smallest absolute Gasteiger partial charge is 0.322 e. The number of halogens is 1. The first kappa shape index (κ1) is 18.2. The van der Waals surface area contributed by atoms with Crippen LogP contribution in [0.5, 0.6) is 0 Å². The number of Topliss-reactive ketones (excluding diaryl/α,β-unsaturated/α-hetero) is 1. The molecule has 0 N–H and O–H groups in total. The normalized spacial score (nSPS) is 21.5. The summed E-state index contributed by atoms with van der Waals surface area (Å²) in [5, 5.41) is 0.686. The monoisotopic (exact) mass is 384 g/mol. The van der Waals surface area contributed by atoms with Gasteiger partial charge in [-0.2, -0.15) is 0 Å². The van der Waals surface area contributed by atoms with E-state index in [1.165, 1.54) is 0 Å². The van der Waals surface area contributed by atoms with E-state index in [0.29, 0.717) is 31.1 Å². The topological polar surface area (TPSA) is 52.6 Å². The van der Waals surface area contributed by atoms with Crippen LogP contribution in [0, 0.1) is 13.8 Å². The molecular weight excluding hydrogens is 364 g/mol. The first-order chi connectivity index (χ1) is 12.9. The molecule has 0 radical (unpaired) electrons. The van der Waals surface area contributed by atoms with Gasteiger partial charge in [0.15, 0.2) is 11.4 Å². The second-order valence-corrected chi connectivity index (χ2v) is 7.79. The molecule has 0 amide bonds. The van der Waals surface area contributed by atoms with Crippen LogP contribution in [-0.2, 0) is 19.1 Å². The number of carbonyl (C=O) groups excluding carboxylic acids is 2. The Labute approximate surface area is 163 Å². The third-order valence-corrected chi connectivity index (χ3v) is 5.87. The molecule has 1 unspecified atom stereocenters. The molecule has 2 saturated heterocycles. The van der Waals surface area contributed by atoms with Gasteiger partial charge in [0.2, 0.25) is 0 Å². The third-order valence-electron chi connectivity index (χ3n) is 5.62. The van der Waals surface area contributed by atoms with E-state index in [0.717, 1.165) is 27.8 Å². The molecule has 4 rings (SSSR count). The minimum atomic E-state index is -1.00. The standard InChI is InChI=1S/C22H21ClO4/c1-13-12-18(14(2)11-17(13)15-3-5-16(23)6-4-15)19-20(24)22(27-21(19)25)7-9-26-10-8-22/h3-6,11-12,19H,7-10H2,1-2H3. The van der Waals surface area contributed by atoms with Crippen LogP contribution >= 0.6 is 11.6 Å². The van der Waals surface area contributed by atoms with E-state index in [1.807, 2.05) is 50.2 Å². The first-order valence-corrected chi connectivity index (χ1v) is 9.51. The molecule has 0 aliphatic carbocycles. The molecule has 5 heteroatoms. The molecule has 0 saturated carbocycles. The Balaban J connectivity index is 1.72. The lowest BCUT2D eigenvalue weighted by atomic mass is 9.81. The summed E-state index contributed by atoms with van der Waals surface area (Å²) in [6, 6.07) is 11.6. The van der Waals surface area contributed by atoms with Crippen molar-refractivity contribution in [2.24, 2.45) is 0 Å². The summed E-state index contributed by atoms with van der Waals surface area (Å²) >= 11 is 5.99. The van der Waals surface area contributed by atoms with Gasteiger partial charge in [-0.15, -0.1) is 0 Å². The summed E-state index contributed by atoms with van der Waals surface area (Å²) in [5.41, 5.74) is 3.76. The Hall–Kier alpha value is -2.17. The largest absolute Gasteiger partial charge is 0.450 e. The molecule has 2 aliphatic rings. The lowest BCUT2D eigenvalue weighted by Gasteiger charge is -2.30. The zero-order valence-corrected chi connectivity index (χ0v) is 16.1. The van der Waals surface area contributed by atoms with E-state index in [4.69, 9.17) is 21.1 Å². The van der Waals surface area contributed by atoms with Gasteiger partial charge in [0.1, 0.15) is 5.92 Å². The van der Waals surface area contributed by atoms with Crippen molar-refractivity contribution in [1.82, 2.24) is 0 Å². The molecule has 2 aromatic rings. The summed E-state index contributed by atoms with van der Waals surface area (Å²) in [6.07, 6.45) is 0.879. The molecule has 2 aliphatic heterocycles. The lowest BCUT2D eigenvalue weighted by Crippen LogP contribution is -2.42. The van der Waals surface area contributed by atoms with Crippen molar-refractivity contribution in [2.75, 3.05) is 13.2 Å². The van der Waals surface area contributed by atoms with Crippen LogP contribution in [0.25, 0.3) is 11.1 Å². The number of hydrogen-bond acceptors (Lipinski definition) is 4. The average molecular weight is 385 g/mol. The predicted octanol–water partition coefficient (Wildman–Crippen LogP) is 4.38. The van der Waals surface area contributed by atoms with Gasteiger partial charge >= 0.3 is 5.97 Å². The van der Waals surface area contributed by atoms with E-state index in [9.17, 15) is 9.59 Å². The van der Waals surface area contributed by atoms with Gasteiger partial charge in [0.25, 0.3) is 0 Å². The van der Waals surface area contributed by atoms with E-state index in [2.05, 4.69) is 0 Å². The minimum Gasteiger partial charge on any atom is -0.450 e. The number of ether oxygens (including phenoxy) is 2. The van der Waals surface area contributed by atoms with Crippen molar-refractivity contribution in [3.63, 3.8) is 0 Å². The number of ketones is 1. The summed E-state index contributed by atoms with van der Waals surface area (Å²) in [4.78, 5) is 25.7. The maximum absolute atomic E-state index is 13.1. The summed E-state index contributed by atoms with van der Waals surface area (Å²) < 4.78 is 11.0. The van der Waals surface area contributed by atoms with Crippen molar-refractivity contribution in [2.45, 2.75) is 38.2 Å². The molecule has 2 aromatic carbocycles. The van der Waals surface area contributed by atoms with Crippen molar-refractivity contribution < 1.29 is 19.1 Å². The fraction of sp³-hybridized carbons (Fsp3) is 0.364. The highest BCUT2D eigenvalue weighted by Crippen LogP contribution is 2.42. The molecule has 27 heavy (non-hydrogen) atoms. The average Bonchev–Trinajstić information content (AvgIpc) is 2.88. The number of benzene rings is 2. The maximum atomic E-state index is 13.1. The van der Waals surface area contributed by atoms with Crippen LogP contribution in [-0.4, -0.2) is 30.6 Å². The Morgan fingerprint density at radius 2 is 1.67 bits per heavy atom. The quantitative estimate of drug-likeness (QED) is 0.569. The van der Waals surface area contributed by atoms with Crippen LogP contribution in [0.4, 0.5) is 0 Å². The molecule has 1 atom stereocenters. The van der Waals surface area contributed by atoms with Crippen molar-refractivity contribution >= 4 is 23.4 Å². The summed E-state index contributed by atoms with van der Waals surface area (Å²) in [5.74, 6) is -1.41. The van der Waals surface area contributed by atoms with Gasteiger partial charge in [-0.05, 0) is 53.8 Å². The summed E-state index contributed by atoms with van der Waals surface area (Å²) in [6.45, 7) is 4.81. The fourth-order valence-corrected chi connectivity index (χ4v) is 4.21. The van der Waals surface area contributed by atoms with Gasteiger partial charge in [-0.3, -0.25) is 9.59 Å². The molecule has 140 valence electrons. The zero-order chi connectivity index (χ0) is 19.2. The van der Waals surface area contributed by atoms with Crippen LogP contribution in [0.15, 0.2) is 36.4 Å². The lowest BCUT2D eigenvalue weighted by molar-refractivity contribution is -0.160. The van der Waals surface area contributed by atoms with Crippen LogP contribution in [0.1, 0.15) is 35.4 Å². The van der Waals surface area contributed by atoms with Crippen molar-refractivity contribution in [1.29, 1.82) is 0 Å². The predicted molar refractivity (Wildman–Crippen MR) is 103 cm³/mol. The highest BCUT2D eigenvalue weighted by Gasteiger charge is 2.56. The number of rotatable bonds is 2. The van der Waals surface area contributed by atoms with Gasteiger partial charge in [0.05, 0.1) is 13.2 Å². The fourth-order valence-electron chi connectivity index (χ4n) is 4.08. The Bertz CT molecular complexity index is 911.